The van der Waals surface area contributed by atoms with Crippen molar-refractivity contribution in [2.75, 3.05) is 18.5 Å². The van der Waals surface area contributed by atoms with Gasteiger partial charge >= 0.3 is 6.09 Å². The van der Waals surface area contributed by atoms with Crippen LogP contribution in [0, 0.1) is 0 Å². The lowest BCUT2D eigenvalue weighted by Gasteiger charge is -2.24. The molecule has 0 bridgehead atoms. The first-order valence-electron chi connectivity index (χ1n) is 5.95. The van der Waals surface area contributed by atoms with E-state index in [1.807, 2.05) is 20.8 Å². The fraction of sp³-hybridized carbons (Fsp3) is 0.462. The van der Waals surface area contributed by atoms with Crippen molar-refractivity contribution in [3.05, 3.63) is 16.6 Å². The molecule has 0 unspecified atom stereocenters. The number of benzene rings is 1. The summed E-state index contributed by atoms with van der Waals surface area (Å²) in [6, 6.07) is 3.53. The summed E-state index contributed by atoms with van der Waals surface area (Å²) in [5.74, 6) is 1.12. The summed E-state index contributed by atoms with van der Waals surface area (Å²) in [7, 11) is 0. The van der Waals surface area contributed by atoms with Crippen LogP contribution in [0.25, 0.3) is 0 Å². The van der Waals surface area contributed by atoms with Crippen LogP contribution >= 0.6 is 15.9 Å². The van der Waals surface area contributed by atoms with Gasteiger partial charge in [-0.1, -0.05) is 0 Å². The quantitative estimate of drug-likeness (QED) is 0.855. The molecule has 0 radical (unpaired) electrons. The summed E-state index contributed by atoms with van der Waals surface area (Å²) >= 11 is 3.38. The highest BCUT2D eigenvalue weighted by Gasteiger charge is 2.22. The van der Waals surface area contributed by atoms with Crippen molar-refractivity contribution < 1.29 is 19.0 Å². The molecule has 104 valence electrons. The van der Waals surface area contributed by atoms with Crippen LogP contribution in [0.5, 0.6) is 11.5 Å². The Morgan fingerprint density at radius 2 is 1.89 bits per heavy atom. The molecule has 2 rings (SSSR count). The fourth-order valence-electron chi connectivity index (χ4n) is 1.62. The number of anilines is 1. The van der Waals surface area contributed by atoms with Gasteiger partial charge in [0.25, 0.3) is 0 Å². The minimum absolute atomic E-state index is 0.451. The van der Waals surface area contributed by atoms with E-state index in [1.54, 1.807) is 12.1 Å². The lowest BCUT2D eigenvalue weighted by molar-refractivity contribution is 0.0634. The van der Waals surface area contributed by atoms with Crippen molar-refractivity contribution in [2.45, 2.75) is 26.4 Å². The molecule has 0 atom stereocenters. The van der Waals surface area contributed by atoms with Crippen molar-refractivity contribution >= 4 is 27.7 Å². The van der Waals surface area contributed by atoms with E-state index in [9.17, 15) is 4.79 Å². The molecule has 1 aliphatic rings. The van der Waals surface area contributed by atoms with E-state index < -0.39 is 11.7 Å². The predicted molar refractivity (Wildman–Crippen MR) is 75.0 cm³/mol. The Balaban J connectivity index is 2.19. The molecule has 1 aromatic carbocycles. The molecule has 0 saturated carbocycles. The molecule has 0 fully saturated rings. The monoisotopic (exact) mass is 329 g/mol. The number of fused-ring (bicyclic) bond motifs is 1. The van der Waals surface area contributed by atoms with Crippen LogP contribution in [0.2, 0.25) is 0 Å². The van der Waals surface area contributed by atoms with E-state index in [-0.39, 0.29) is 0 Å². The Morgan fingerprint density at radius 1 is 1.26 bits per heavy atom. The van der Waals surface area contributed by atoms with Crippen molar-refractivity contribution in [3.8, 4) is 11.5 Å². The van der Waals surface area contributed by atoms with E-state index in [2.05, 4.69) is 21.2 Å². The Kier molecular flexibility index (Phi) is 3.89. The molecule has 1 amide bonds. The van der Waals surface area contributed by atoms with Gasteiger partial charge in [0.15, 0.2) is 11.5 Å². The fourth-order valence-corrected chi connectivity index (χ4v) is 2.04. The van der Waals surface area contributed by atoms with Gasteiger partial charge in [-0.15, -0.1) is 0 Å². The highest BCUT2D eigenvalue weighted by atomic mass is 79.9. The lowest BCUT2D eigenvalue weighted by atomic mass is 10.2. The van der Waals surface area contributed by atoms with Crippen LogP contribution in [0.4, 0.5) is 10.5 Å². The van der Waals surface area contributed by atoms with Crippen molar-refractivity contribution in [2.24, 2.45) is 0 Å². The van der Waals surface area contributed by atoms with Crippen LogP contribution in [0.3, 0.4) is 0 Å². The molecule has 1 aliphatic heterocycles. The summed E-state index contributed by atoms with van der Waals surface area (Å²) < 4.78 is 17.0. The van der Waals surface area contributed by atoms with E-state index in [0.29, 0.717) is 30.4 Å². The van der Waals surface area contributed by atoms with Crippen LogP contribution in [0.1, 0.15) is 20.8 Å². The second-order valence-corrected chi connectivity index (χ2v) is 5.93. The number of rotatable bonds is 1. The average molecular weight is 330 g/mol. The first kappa shape index (κ1) is 14.0. The Labute approximate surface area is 120 Å². The Morgan fingerprint density at radius 3 is 2.53 bits per heavy atom. The van der Waals surface area contributed by atoms with E-state index >= 15 is 0 Å². The zero-order chi connectivity index (χ0) is 14.0. The van der Waals surface area contributed by atoms with Crippen LogP contribution in [0.15, 0.2) is 16.6 Å². The van der Waals surface area contributed by atoms with Gasteiger partial charge < -0.3 is 14.2 Å². The van der Waals surface area contributed by atoms with Gasteiger partial charge in [-0.3, -0.25) is 5.32 Å². The summed E-state index contributed by atoms with van der Waals surface area (Å²) in [5, 5.41) is 2.67. The van der Waals surface area contributed by atoms with Crippen molar-refractivity contribution in [1.82, 2.24) is 0 Å². The second kappa shape index (κ2) is 5.28. The van der Waals surface area contributed by atoms with Gasteiger partial charge in [0, 0.05) is 0 Å². The molecular weight excluding hydrogens is 314 g/mol. The van der Waals surface area contributed by atoms with Gasteiger partial charge in [-0.25, -0.2) is 4.79 Å². The summed E-state index contributed by atoms with van der Waals surface area (Å²) in [5.41, 5.74) is -0.0104. The normalized spacial score (nSPS) is 13.9. The van der Waals surface area contributed by atoms with Gasteiger partial charge in [0.2, 0.25) is 0 Å². The number of hydrogen-bond donors (Lipinski definition) is 1. The molecule has 6 heteroatoms. The number of amides is 1. The molecule has 0 aromatic heterocycles. The molecule has 1 heterocycles. The molecule has 1 N–H and O–H groups in total. The second-order valence-electron chi connectivity index (χ2n) is 5.08. The maximum atomic E-state index is 11.8. The van der Waals surface area contributed by atoms with Crippen molar-refractivity contribution in [3.63, 3.8) is 0 Å². The minimum atomic E-state index is -0.545. The Bertz CT molecular complexity index is 496. The minimum Gasteiger partial charge on any atom is -0.485 e. The van der Waals surface area contributed by atoms with Crippen LogP contribution < -0.4 is 14.8 Å². The number of ether oxygens (including phenoxy) is 3. The number of nitrogens with one attached hydrogen (secondary N) is 1. The summed E-state index contributed by atoms with van der Waals surface area (Å²) in [6.45, 7) is 6.36. The third-order valence-corrected chi connectivity index (χ3v) is 2.90. The topological polar surface area (TPSA) is 56.8 Å². The average Bonchev–Trinajstić information content (AvgIpc) is 2.31. The molecule has 1 aromatic rings. The van der Waals surface area contributed by atoms with E-state index in [0.717, 1.165) is 4.47 Å². The van der Waals surface area contributed by atoms with Crippen molar-refractivity contribution in [1.29, 1.82) is 0 Å². The molecule has 19 heavy (non-hydrogen) atoms. The third-order valence-electron chi connectivity index (χ3n) is 2.28. The zero-order valence-corrected chi connectivity index (χ0v) is 12.7. The number of hydrogen-bond acceptors (Lipinski definition) is 4. The van der Waals surface area contributed by atoms with E-state index in [4.69, 9.17) is 14.2 Å². The molecule has 5 nitrogen and oxygen atoms in total. The summed E-state index contributed by atoms with van der Waals surface area (Å²) in [6.07, 6.45) is -0.522. The smallest absolute Gasteiger partial charge is 0.412 e. The molecule has 0 saturated heterocycles. The maximum absolute atomic E-state index is 11.8. The number of carbonyl (C=O) groups is 1. The van der Waals surface area contributed by atoms with E-state index in [1.165, 1.54) is 0 Å². The zero-order valence-electron chi connectivity index (χ0n) is 11.1. The number of halogens is 1. The lowest BCUT2D eigenvalue weighted by Crippen LogP contribution is -2.27. The van der Waals surface area contributed by atoms with Crippen LogP contribution in [-0.4, -0.2) is 24.9 Å². The Hall–Kier alpha value is -1.43. The first-order valence-corrected chi connectivity index (χ1v) is 6.74. The van der Waals surface area contributed by atoms with Gasteiger partial charge in [-0.2, -0.15) is 0 Å². The SMILES string of the molecule is CC(C)(C)OC(=O)Nc1ccc(Br)c2c1OCCO2. The molecule has 0 aliphatic carbocycles. The highest BCUT2D eigenvalue weighted by Crippen LogP contribution is 2.43. The van der Waals surface area contributed by atoms with Gasteiger partial charge in [-0.05, 0) is 48.8 Å². The van der Waals surface area contributed by atoms with Gasteiger partial charge in [0.05, 0.1) is 10.2 Å². The first-order chi connectivity index (χ1) is 8.87. The van der Waals surface area contributed by atoms with Crippen LogP contribution in [-0.2, 0) is 4.74 Å². The molecular formula is C13H16BrNO4. The molecule has 0 spiro atoms. The maximum Gasteiger partial charge on any atom is 0.412 e. The largest absolute Gasteiger partial charge is 0.485 e. The standard InChI is InChI=1S/C13H16BrNO4/c1-13(2,3)19-12(16)15-9-5-4-8(14)10-11(9)18-7-6-17-10/h4-5H,6-7H2,1-3H3,(H,15,16). The highest BCUT2D eigenvalue weighted by molar-refractivity contribution is 9.10. The van der Waals surface area contributed by atoms with Gasteiger partial charge in [0.1, 0.15) is 18.8 Å². The third kappa shape index (κ3) is 3.53. The summed E-state index contributed by atoms with van der Waals surface area (Å²) in [4.78, 5) is 11.8. The predicted octanol–water partition coefficient (Wildman–Crippen LogP) is 3.57. The number of carbonyl (C=O) groups excluding carboxylic acids is 1.